The van der Waals surface area contributed by atoms with E-state index in [0.29, 0.717) is 12.3 Å². The van der Waals surface area contributed by atoms with Crippen molar-refractivity contribution in [1.29, 1.82) is 0 Å². The third-order valence-corrected chi connectivity index (χ3v) is 2.06. The number of rotatable bonds is 2. The van der Waals surface area contributed by atoms with Crippen molar-refractivity contribution >= 4 is 11.7 Å². The normalized spacial score (nSPS) is 24.4. The number of ketones is 1. The number of hydrogen-bond donors (Lipinski definition) is 1. The standard InChI is InChI=1S/C9H15NO2/c1-6(2)3-7-4-8(11)5-10-9(7)12/h6-7H,3-5H2,1-2H3,(H,10,12). The van der Waals surface area contributed by atoms with E-state index in [1.807, 2.05) is 0 Å². The highest BCUT2D eigenvalue weighted by atomic mass is 16.2. The highest BCUT2D eigenvalue weighted by molar-refractivity contribution is 5.94. The lowest BCUT2D eigenvalue weighted by atomic mass is 9.89. The highest BCUT2D eigenvalue weighted by Gasteiger charge is 2.26. The van der Waals surface area contributed by atoms with Gasteiger partial charge in [0.15, 0.2) is 5.78 Å². The van der Waals surface area contributed by atoms with Crippen LogP contribution in [0.25, 0.3) is 0 Å². The van der Waals surface area contributed by atoms with Gasteiger partial charge in [-0.3, -0.25) is 9.59 Å². The van der Waals surface area contributed by atoms with Gasteiger partial charge in [0.05, 0.1) is 6.54 Å². The third-order valence-electron chi connectivity index (χ3n) is 2.06. The first kappa shape index (κ1) is 9.23. The molecular weight excluding hydrogens is 154 g/mol. The maximum atomic E-state index is 11.2. The number of Topliss-reactive ketones (excluding diaryl/α,β-unsaturated/α-hetero) is 1. The van der Waals surface area contributed by atoms with Gasteiger partial charge in [-0.1, -0.05) is 13.8 Å². The Hall–Kier alpha value is -0.860. The van der Waals surface area contributed by atoms with Crippen LogP contribution in [-0.4, -0.2) is 18.2 Å². The van der Waals surface area contributed by atoms with E-state index in [0.717, 1.165) is 6.42 Å². The minimum atomic E-state index is -0.0775. The van der Waals surface area contributed by atoms with Crippen molar-refractivity contribution in [2.24, 2.45) is 11.8 Å². The lowest BCUT2D eigenvalue weighted by Crippen LogP contribution is -2.42. The van der Waals surface area contributed by atoms with Crippen molar-refractivity contribution in [3.05, 3.63) is 0 Å². The molecule has 0 saturated carbocycles. The van der Waals surface area contributed by atoms with Crippen LogP contribution in [0.5, 0.6) is 0 Å². The van der Waals surface area contributed by atoms with E-state index < -0.39 is 0 Å². The van der Waals surface area contributed by atoms with Gasteiger partial charge in [0.1, 0.15) is 0 Å². The predicted octanol–water partition coefficient (Wildman–Crippen LogP) is 0.738. The van der Waals surface area contributed by atoms with Gasteiger partial charge < -0.3 is 5.32 Å². The van der Waals surface area contributed by atoms with Crippen LogP contribution in [-0.2, 0) is 9.59 Å². The first-order chi connectivity index (χ1) is 5.59. The van der Waals surface area contributed by atoms with E-state index in [4.69, 9.17) is 0 Å². The van der Waals surface area contributed by atoms with Gasteiger partial charge in [0.2, 0.25) is 5.91 Å². The molecule has 1 atom stereocenters. The fraction of sp³-hybridized carbons (Fsp3) is 0.778. The molecule has 1 N–H and O–H groups in total. The second-order valence-corrected chi connectivity index (χ2v) is 3.79. The van der Waals surface area contributed by atoms with E-state index in [9.17, 15) is 9.59 Å². The molecule has 1 saturated heterocycles. The van der Waals surface area contributed by atoms with Crippen molar-refractivity contribution in [2.75, 3.05) is 6.54 Å². The van der Waals surface area contributed by atoms with Crippen LogP contribution < -0.4 is 5.32 Å². The molecule has 0 aliphatic carbocycles. The number of carbonyl (C=O) groups excluding carboxylic acids is 2. The van der Waals surface area contributed by atoms with Gasteiger partial charge in [-0.25, -0.2) is 0 Å². The Kier molecular flexibility index (Phi) is 2.84. The van der Waals surface area contributed by atoms with Crippen LogP contribution in [0, 0.1) is 11.8 Å². The summed E-state index contributed by atoms with van der Waals surface area (Å²) in [5.41, 5.74) is 0. The molecule has 0 radical (unpaired) electrons. The Labute approximate surface area is 72.5 Å². The molecule has 1 rings (SSSR count). The average molecular weight is 169 g/mol. The lowest BCUT2D eigenvalue weighted by molar-refractivity contribution is -0.134. The van der Waals surface area contributed by atoms with Crippen molar-refractivity contribution in [1.82, 2.24) is 5.32 Å². The summed E-state index contributed by atoms with van der Waals surface area (Å²) in [5.74, 6) is 0.599. The van der Waals surface area contributed by atoms with Gasteiger partial charge in [-0.05, 0) is 12.3 Å². The third kappa shape index (κ3) is 2.32. The Bertz CT molecular complexity index is 199. The minimum absolute atomic E-state index is 0.0447. The molecule has 1 amide bonds. The van der Waals surface area contributed by atoms with E-state index in [1.165, 1.54) is 0 Å². The lowest BCUT2D eigenvalue weighted by Gasteiger charge is -2.22. The molecule has 0 spiro atoms. The van der Waals surface area contributed by atoms with Crippen LogP contribution in [0.1, 0.15) is 26.7 Å². The van der Waals surface area contributed by atoms with Gasteiger partial charge in [0, 0.05) is 12.3 Å². The van der Waals surface area contributed by atoms with E-state index in [-0.39, 0.29) is 24.2 Å². The molecule has 1 fully saturated rings. The van der Waals surface area contributed by atoms with Crippen molar-refractivity contribution in [3.8, 4) is 0 Å². The first-order valence-electron chi connectivity index (χ1n) is 4.39. The maximum Gasteiger partial charge on any atom is 0.223 e. The number of amides is 1. The molecule has 0 aromatic carbocycles. The van der Waals surface area contributed by atoms with Crippen LogP contribution >= 0.6 is 0 Å². The molecule has 0 aromatic rings. The van der Waals surface area contributed by atoms with Crippen molar-refractivity contribution < 1.29 is 9.59 Å². The van der Waals surface area contributed by atoms with Crippen LogP contribution in [0.2, 0.25) is 0 Å². The van der Waals surface area contributed by atoms with E-state index in [2.05, 4.69) is 19.2 Å². The summed E-state index contributed by atoms with van der Waals surface area (Å²) in [6, 6.07) is 0. The number of hydrogen-bond acceptors (Lipinski definition) is 2. The summed E-state index contributed by atoms with van der Waals surface area (Å²) < 4.78 is 0. The molecule has 0 bridgehead atoms. The largest absolute Gasteiger partial charge is 0.349 e. The SMILES string of the molecule is CC(C)CC1CC(=O)CNC1=O. The highest BCUT2D eigenvalue weighted by Crippen LogP contribution is 2.18. The zero-order chi connectivity index (χ0) is 9.14. The first-order valence-corrected chi connectivity index (χ1v) is 4.39. The maximum absolute atomic E-state index is 11.2. The fourth-order valence-electron chi connectivity index (χ4n) is 1.53. The molecule has 1 aliphatic rings. The molecule has 1 unspecified atom stereocenters. The number of carbonyl (C=O) groups is 2. The monoisotopic (exact) mass is 169 g/mol. The Morgan fingerprint density at radius 1 is 1.50 bits per heavy atom. The minimum Gasteiger partial charge on any atom is -0.349 e. The van der Waals surface area contributed by atoms with Crippen LogP contribution in [0.3, 0.4) is 0 Å². The Morgan fingerprint density at radius 3 is 2.75 bits per heavy atom. The molecule has 3 nitrogen and oxygen atoms in total. The molecule has 1 heterocycles. The molecule has 3 heteroatoms. The summed E-state index contributed by atoms with van der Waals surface area (Å²) >= 11 is 0. The molecule has 1 aliphatic heterocycles. The van der Waals surface area contributed by atoms with Gasteiger partial charge >= 0.3 is 0 Å². The van der Waals surface area contributed by atoms with Crippen LogP contribution in [0.15, 0.2) is 0 Å². The van der Waals surface area contributed by atoms with Gasteiger partial charge in [-0.15, -0.1) is 0 Å². The summed E-state index contributed by atoms with van der Waals surface area (Å²) in [5, 5.41) is 2.60. The molecular formula is C9H15NO2. The van der Waals surface area contributed by atoms with Gasteiger partial charge in [-0.2, -0.15) is 0 Å². The van der Waals surface area contributed by atoms with E-state index in [1.54, 1.807) is 0 Å². The van der Waals surface area contributed by atoms with E-state index >= 15 is 0 Å². The fourth-order valence-corrected chi connectivity index (χ4v) is 1.53. The Morgan fingerprint density at radius 2 is 2.17 bits per heavy atom. The summed E-state index contributed by atoms with van der Waals surface area (Å²) in [7, 11) is 0. The predicted molar refractivity (Wildman–Crippen MR) is 45.6 cm³/mol. The topological polar surface area (TPSA) is 46.2 Å². The smallest absolute Gasteiger partial charge is 0.223 e. The quantitative estimate of drug-likeness (QED) is 0.662. The molecule has 12 heavy (non-hydrogen) atoms. The second kappa shape index (κ2) is 3.70. The summed E-state index contributed by atoms with van der Waals surface area (Å²) in [6.45, 7) is 4.35. The zero-order valence-corrected chi connectivity index (χ0v) is 7.59. The van der Waals surface area contributed by atoms with Crippen molar-refractivity contribution in [3.63, 3.8) is 0 Å². The molecule has 68 valence electrons. The van der Waals surface area contributed by atoms with Crippen molar-refractivity contribution in [2.45, 2.75) is 26.7 Å². The average Bonchev–Trinajstić information content (AvgIpc) is 1.96. The van der Waals surface area contributed by atoms with Crippen LogP contribution in [0.4, 0.5) is 0 Å². The Balaban J connectivity index is 2.49. The second-order valence-electron chi connectivity index (χ2n) is 3.79. The van der Waals surface area contributed by atoms with Gasteiger partial charge in [0.25, 0.3) is 0 Å². The summed E-state index contributed by atoms with van der Waals surface area (Å²) in [4.78, 5) is 22.2. The number of nitrogens with one attached hydrogen (secondary N) is 1. The number of piperidine rings is 1. The summed E-state index contributed by atoms with van der Waals surface area (Å²) in [6.07, 6.45) is 1.25. The molecule has 0 aromatic heterocycles. The zero-order valence-electron chi connectivity index (χ0n) is 7.59.